The van der Waals surface area contributed by atoms with Crippen molar-refractivity contribution in [3.05, 3.63) is 66.1 Å². The van der Waals surface area contributed by atoms with Crippen LogP contribution in [0.4, 0.5) is 15.8 Å². The van der Waals surface area contributed by atoms with Gasteiger partial charge in [0.2, 0.25) is 0 Å². The summed E-state index contributed by atoms with van der Waals surface area (Å²) in [6.45, 7) is 0. The standard InChI is InChI=1S/C17H14FN3O2/c1-23-16-8-6-14(7-9-16)20-11-12(10-19)17(22)21-15-4-2-13(18)3-5-15/h2-9,11,20H,1H3,(H,21,22)/b12-11-. The number of hydrogen-bond donors (Lipinski definition) is 2. The molecule has 0 saturated heterocycles. The van der Waals surface area contributed by atoms with Crippen LogP contribution in [0.1, 0.15) is 0 Å². The number of nitriles is 1. The lowest BCUT2D eigenvalue weighted by Crippen LogP contribution is -2.14. The van der Waals surface area contributed by atoms with Crippen LogP contribution in [0.25, 0.3) is 0 Å². The zero-order chi connectivity index (χ0) is 16.7. The maximum atomic E-state index is 12.8. The number of anilines is 2. The first-order valence-corrected chi connectivity index (χ1v) is 6.70. The van der Waals surface area contributed by atoms with Gasteiger partial charge in [-0.2, -0.15) is 5.26 Å². The fraction of sp³-hybridized carbons (Fsp3) is 0.0588. The lowest BCUT2D eigenvalue weighted by Gasteiger charge is -2.06. The number of carbonyl (C=O) groups excluding carboxylic acids is 1. The number of nitrogens with one attached hydrogen (secondary N) is 2. The molecular formula is C17H14FN3O2. The highest BCUT2D eigenvalue weighted by Crippen LogP contribution is 2.15. The Bertz CT molecular complexity index is 747. The second-order valence-corrected chi connectivity index (χ2v) is 4.50. The minimum Gasteiger partial charge on any atom is -0.497 e. The molecule has 1 amide bonds. The molecule has 0 aliphatic carbocycles. The van der Waals surface area contributed by atoms with Gasteiger partial charge in [0, 0.05) is 17.6 Å². The number of benzene rings is 2. The number of ether oxygens (including phenoxy) is 1. The predicted octanol–water partition coefficient (Wildman–Crippen LogP) is 3.29. The van der Waals surface area contributed by atoms with Crippen molar-refractivity contribution in [3.8, 4) is 11.8 Å². The largest absolute Gasteiger partial charge is 0.497 e. The maximum absolute atomic E-state index is 12.8. The van der Waals surface area contributed by atoms with E-state index >= 15 is 0 Å². The van der Waals surface area contributed by atoms with Crippen LogP contribution in [-0.2, 0) is 4.79 Å². The lowest BCUT2D eigenvalue weighted by atomic mass is 10.2. The lowest BCUT2D eigenvalue weighted by molar-refractivity contribution is -0.112. The molecule has 0 saturated carbocycles. The van der Waals surface area contributed by atoms with Gasteiger partial charge in [-0.1, -0.05) is 0 Å². The topological polar surface area (TPSA) is 74.1 Å². The second kappa shape index (κ2) is 7.61. The van der Waals surface area contributed by atoms with Crippen molar-refractivity contribution in [2.45, 2.75) is 0 Å². The van der Waals surface area contributed by atoms with Crippen LogP contribution in [0.15, 0.2) is 60.3 Å². The summed E-state index contributed by atoms with van der Waals surface area (Å²) < 4.78 is 17.9. The van der Waals surface area contributed by atoms with Gasteiger partial charge in [-0.05, 0) is 48.5 Å². The molecule has 5 nitrogen and oxygen atoms in total. The summed E-state index contributed by atoms with van der Waals surface area (Å²) in [5.74, 6) is -0.283. The molecule has 0 spiro atoms. The Hall–Kier alpha value is -3.33. The minimum absolute atomic E-state index is 0.106. The van der Waals surface area contributed by atoms with E-state index in [-0.39, 0.29) is 5.57 Å². The van der Waals surface area contributed by atoms with Gasteiger partial charge in [0.25, 0.3) is 5.91 Å². The monoisotopic (exact) mass is 311 g/mol. The summed E-state index contributed by atoms with van der Waals surface area (Å²) in [5.41, 5.74) is 1.00. The van der Waals surface area contributed by atoms with Gasteiger partial charge in [0.05, 0.1) is 7.11 Å². The van der Waals surface area contributed by atoms with Crippen molar-refractivity contribution in [2.75, 3.05) is 17.7 Å². The van der Waals surface area contributed by atoms with Gasteiger partial charge >= 0.3 is 0 Å². The first-order chi connectivity index (χ1) is 11.1. The van der Waals surface area contributed by atoms with Crippen molar-refractivity contribution in [2.24, 2.45) is 0 Å². The van der Waals surface area contributed by atoms with Crippen LogP contribution in [-0.4, -0.2) is 13.0 Å². The summed E-state index contributed by atoms with van der Waals surface area (Å²) in [6, 6.07) is 14.1. The first kappa shape index (κ1) is 16.0. The molecule has 6 heteroatoms. The van der Waals surface area contributed by atoms with Gasteiger partial charge in [-0.25, -0.2) is 4.39 Å². The fourth-order valence-corrected chi connectivity index (χ4v) is 1.72. The third-order valence-corrected chi connectivity index (χ3v) is 2.94. The molecule has 2 rings (SSSR count). The number of hydrogen-bond acceptors (Lipinski definition) is 4. The summed E-state index contributed by atoms with van der Waals surface area (Å²) in [6.07, 6.45) is 1.31. The quantitative estimate of drug-likeness (QED) is 0.656. The fourth-order valence-electron chi connectivity index (χ4n) is 1.72. The third-order valence-electron chi connectivity index (χ3n) is 2.94. The van der Waals surface area contributed by atoms with Crippen LogP contribution < -0.4 is 15.4 Å². The highest BCUT2D eigenvalue weighted by atomic mass is 19.1. The average molecular weight is 311 g/mol. The molecule has 2 N–H and O–H groups in total. The van der Waals surface area contributed by atoms with E-state index in [4.69, 9.17) is 10.00 Å². The van der Waals surface area contributed by atoms with Crippen molar-refractivity contribution in [1.29, 1.82) is 5.26 Å². The van der Waals surface area contributed by atoms with E-state index in [1.165, 1.54) is 30.5 Å². The molecular weight excluding hydrogens is 297 g/mol. The van der Waals surface area contributed by atoms with E-state index in [0.29, 0.717) is 17.1 Å². The van der Waals surface area contributed by atoms with Gasteiger partial charge in [0.15, 0.2) is 0 Å². The minimum atomic E-state index is -0.583. The van der Waals surface area contributed by atoms with Crippen molar-refractivity contribution in [3.63, 3.8) is 0 Å². The molecule has 116 valence electrons. The van der Waals surface area contributed by atoms with Gasteiger partial charge < -0.3 is 15.4 Å². The van der Waals surface area contributed by atoms with E-state index in [1.807, 2.05) is 6.07 Å². The van der Waals surface area contributed by atoms with E-state index < -0.39 is 11.7 Å². The molecule has 0 atom stereocenters. The zero-order valence-electron chi connectivity index (χ0n) is 12.3. The smallest absolute Gasteiger partial charge is 0.267 e. The Labute approximate surface area is 133 Å². The molecule has 0 bridgehead atoms. The first-order valence-electron chi connectivity index (χ1n) is 6.70. The van der Waals surface area contributed by atoms with Crippen LogP contribution >= 0.6 is 0 Å². The van der Waals surface area contributed by atoms with E-state index in [0.717, 1.165) is 0 Å². The highest BCUT2D eigenvalue weighted by molar-refractivity contribution is 6.06. The van der Waals surface area contributed by atoms with E-state index in [1.54, 1.807) is 31.4 Å². The molecule has 23 heavy (non-hydrogen) atoms. The number of carbonyl (C=O) groups is 1. The maximum Gasteiger partial charge on any atom is 0.267 e. The summed E-state index contributed by atoms with van der Waals surface area (Å²) in [7, 11) is 1.57. The molecule has 0 fully saturated rings. The van der Waals surface area contributed by atoms with Crippen molar-refractivity contribution >= 4 is 17.3 Å². The molecule has 0 heterocycles. The number of rotatable bonds is 5. The molecule has 0 unspecified atom stereocenters. The van der Waals surface area contributed by atoms with E-state index in [9.17, 15) is 9.18 Å². The van der Waals surface area contributed by atoms with Crippen LogP contribution in [0, 0.1) is 17.1 Å². The number of methoxy groups -OCH3 is 1. The Morgan fingerprint density at radius 3 is 2.30 bits per heavy atom. The molecule has 0 aromatic heterocycles. The zero-order valence-corrected chi connectivity index (χ0v) is 12.3. The second-order valence-electron chi connectivity index (χ2n) is 4.50. The van der Waals surface area contributed by atoms with Crippen molar-refractivity contribution in [1.82, 2.24) is 0 Å². The number of amides is 1. The number of nitrogens with zero attached hydrogens (tertiary/aromatic N) is 1. The molecule has 0 aliphatic heterocycles. The van der Waals surface area contributed by atoms with Crippen LogP contribution in [0.3, 0.4) is 0 Å². The highest BCUT2D eigenvalue weighted by Gasteiger charge is 2.09. The Morgan fingerprint density at radius 2 is 1.74 bits per heavy atom. The summed E-state index contributed by atoms with van der Waals surface area (Å²) >= 11 is 0. The molecule has 0 radical (unpaired) electrons. The molecule has 2 aromatic rings. The third kappa shape index (κ3) is 4.58. The SMILES string of the molecule is COc1ccc(N/C=C(/C#N)C(=O)Nc2ccc(F)cc2)cc1. The Kier molecular flexibility index (Phi) is 5.31. The molecule has 2 aromatic carbocycles. The van der Waals surface area contributed by atoms with Gasteiger partial charge in [-0.3, -0.25) is 4.79 Å². The molecule has 0 aliphatic rings. The Morgan fingerprint density at radius 1 is 1.13 bits per heavy atom. The predicted molar refractivity (Wildman–Crippen MR) is 85.3 cm³/mol. The van der Waals surface area contributed by atoms with Crippen molar-refractivity contribution < 1.29 is 13.9 Å². The van der Waals surface area contributed by atoms with Crippen LogP contribution in [0.2, 0.25) is 0 Å². The normalized spacial score (nSPS) is 10.6. The summed E-state index contributed by atoms with van der Waals surface area (Å²) in [5, 5.41) is 14.5. The van der Waals surface area contributed by atoms with Gasteiger partial charge in [0.1, 0.15) is 23.2 Å². The summed E-state index contributed by atoms with van der Waals surface area (Å²) in [4.78, 5) is 12.0. The van der Waals surface area contributed by atoms with E-state index in [2.05, 4.69) is 10.6 Å². The Balaban J connectivity index is 2.03. The number of halogens is 1. The average Bonchev–Trinajstić information content (AvgIpc) is 2.58. The van der Waals surface area contributed by atoms with Crippen LogP contribution in [0.5, 0.6) is 5.75 Å². The van der Waals surface area contributed by atoms with Gasteiger partial charge in [-0.15, -0.1) is 0 Å².